The molecule has 4 amide bonds. The van der Waals surface area contributed by atoms with Crippen LogP contribution in [-0.4, -0.2) is 42.5 Å². The Morgan fingerprint density at radius 2 is 2.05 bits per heavy atom. The average molecular weight is 266 g/mol. The largest absolute Gasteiger partial charge is 0.381 e. The van der Waals surface area contributed by atoms with Gasteiger partial charge in [0.15, 0.2) is 0 Å². The number of hydrogen-bond donors (Lipinski definition) is 1. The Labute approximate surface area is 111 Å². The van der Waals surface area contributed by atoms with E-state index in [1.54, 1.807) is 0 Å². The van der Waals surface area contributed by atoms with Crippen molar-refractivity contribution < 1.29 is 19.1 Å². The number of rotatable bonds is 2. The molecule has 0 radical (unpaired) electrons. The van der Waals surface area contributed by atoms with Crippen LogP contribution in [0.5, 0.6) is 0 Å². The van der Waals surface area contributed by atoms with Crippen LogP contribution in [0.4, 0.5) is 4.79 Å². The maximum absolute atomic E-state index is 12.4. The predicted molar refractivity (Wildman–Crippen MR) is 65.1 cm³/mol. The van der Waals surface area contributed by atoms with Crippen molar-refractivity contribution in [2.45, 2.75) is 32.1 Å². The summed E-state index contributed by atoms with van der Waals surface area (Å²) in [6.45, 7) is 1.69. The van der Waals surface area contributed by atoms with Gasteiger partial charge < -0.3 is 4.74 Å². The van der Waals surface area contributed by atoms with Gasteiger partial charge in [-0.3, -0.25) is 19.8 Å². The first kappa shape index (κ1) is 12.6. The fourth-order valence-electron chi connectivity index (χ4n) is 3.08. The molecule has 0 aromatic carbocycles. The van der Waals surface area contributed by atoms with E-state index in [1.165, 1.54) is 4.90 Å². The van der Waals surface area contributed by atoms with Gasteiger partial charge in [-0.05, 0) is 25.7 Å². The van der Waals surface area contributed by atoms with Crippen molar-refractivity contribution in [1.82, 2.24) is 10.2 Å². The van der Waals surface area contributed by atoms with Crippen molar-refractivity contribution in [3.8, 4) is 0 Å². The second-order valence-corrected chi connectivity index (χ2v) is 5.69. The number of imide groups is 2. The third-order valence-corrected chi connectivity index (χ3v) is 4.46. The van der Waals surface area contributed by atoms with Gasteiger partial charge in [-0.1, -0.05) is 6.42 Å². The molecule has 6 nitrogen and oxygen atoms in total. The van der Waals surface area contributed by atoms with Gasteiger partial charge in [0, 0.05) is 19.1 Å². The summed E-state index contributed by atoms with van der Waals surface area (Å²) in [7, 11) is 0. The molecule has 19 heavy (non-hydrogen) atoms. The Morgan fingerprint density at radius 1 is 1.26 bits per heavy atom. The molecule has 1 atom stereocenters. The fourth-order valence-corrected chi connectivity index (χ4v) is 3.08. The molecule has 1 spiro atoms. The Kier molecular flexibility index (Phi) is 3.05. The highest BCUT2D eigenvalue weighted by Gasteiger charge is 2.57. The zero-order valence-electron chi connectivity index (χ0n) is 10.8. The van der Waals surface area contributed by atoms with Gasteiger partial charge in [0.1, 0.15) is 5.41 Å². The molecule has 2 saturated heterocycles. The Morgan fingerprint density at radius 3 is 2.63 bits per heavy atom. The average Bonchev–Trinajstić information content (AvgIpc) is 2.34. The van der Waals surface area contributed by atoms with Crippen LogP contribution in [0.15, 0.2) is 0 Å². The second-order valence-electron chi connectivity index (χ2n) is 5.69. The SMILES string of the molecule is O=C1NC(=O)C2(CCC2)C(=O)N1CC1CCCOC1. The molecular formula is C13H18N2O4. The zero-order valence-corrected chi connectivity index (χ0v) is 10.8. The standard InChI is InChI=1S/C13H18N2O4/c16-10-13(4-2-5-13)11(17)15(12(18)14-10)7-9-3-1-6-19-8-9/h9H,1-8H2,(H,14,16,18). The summed E-state index contributed by atoms with van der Waals surface area (Å²) in [6, 6.07) is -0.571. The van der Waals surface area contributed by atoms with Gasteiger partial charge in [-0.2, -0.15) is 0 Å². The first-order valence-electron chi connectivity index (χ1n) is 6.89. The molecule has 1 aliphatic carbocycles. The Balaban J connectivity index is 1.74. The summed E-state index contributed by atoms with van der Waals surface area (Å²) in [6.07, 6.45) is 3.90. The van der Waals surface area contributed by atoms with Crippen molar-refractivity contribution in [2.75, 3.05) is 19.8 Å². The molecule has 3 aliphatic rings. The number of ether oxygens (including phenoxy) is 1. The van der Waals surface area contributed by atoms with E-state index in [1.807, 2.05) is 0 Å². The number of barbiturate groups is 1. The number of hydrogen-bond acceptors (Lipinski definition) is 4. The van der Waals surface area contributed by atoms with Crippen LogP contribution >= 0.6 is 0 Å². The maximum Gasteiger partial charge on any atom is 0.330 e. The lowest BCUT2D eigenvalue weighted by atomic mass is 9.66. The molecule has 3 fully saturated rings. The zero-order chi connectivity index (χ0) is 13.5. The van der Waals surface area contributed by atoms with E-state index in [0.717, 1.165) is 25.9 Å². The molecule has 1 saturated carbocycles. The minimum Gasteiger partial charge on any atom is -0.381 e. The van der Waals surface area contributed by atoms with Crippen molar-refractivity contribution >= 4 is 17.8 Å². The monoisotopic (exact) mass is 266 g/mol. The first-order chi connectivity index (χ1) is 9.13. The van der Waals surface area contributed by atoms with E-state index >= 15 is 0 Å². The molecule has 1 N–H and O–H groups in total. The number of nitrogens with one attached hydrogen (secondary N) is 1. The van der Waals surface area contributed by atoms with E-state index in [-0.39, 0.29) is 11.8 Å². The van der Waals surface area contributed by atoms with E-state index in [0.29, 0.717) is 26.0 Å². The fraction of sp³-hybridized carbons (Fsp3) is 0.769. The van der Waals surface area contributed by atoms with Crippen LogP contribution in [0.3, 0.4) is 0 Å². The van der Waals surface area contributed by atoms with Gasteiger partial charge in [-0.15, -0.1) is 0 Å². The lowest BCUT2D eigenvalue weighted by Crippen LogP contribution is -2.66. The van der Waals surface area contributed by atoms with Crippen molar-refractivity contribution in [2.24, 2.45) is 11.3 Å². The highest BCUT2D eigenvalue weighted by atomic mass is 16.5. The smallest absolute Gasteiger partial charge is 0.330 e. The van der Waals surface area contributed by atoms with Gasteiger partial charge in [-0.25, -0.2) is 4.79 Å². The van der Waals surface area contributed by atoms with Crippen LogP contribution in [0.2, 0.25) is 0 Å². The highest BCUT2D eigenvalue weighted by molar-refractivity contribution is 6.19. The molecule has 0 bridgehead atoms. The van der Waals surface area contributed by atoms with Crippen molar-refractivity contribution in [1.29, 1.82) is 0 Å². The number of urea groups is 1. The Hall–Kier alpha value is -1.43. The van der Waals surface area contributed by atoms with Crippen LogP contribution in [-0.2, 0) is 14.3 Å². The van der Waals surface area contributed by atoms with Gasteiger partial charge in [0.05, 0.1) is 6.61 Å². The molecule has 0 aromatic heterocycles. The third kappa shape index (κ3) is 1.94. The van der Waals surface area contributed by atoms with Gasteiger partial charge in [0.25, 0.3) is 0 Å². The number of carbonyl (C=O) groups excluding carboxylic acids is 3. The van der Waals surface area contributed by atoms with Crippen molar-refractivity contribution in [3.63, 3.8) is 0 Å². The quantitative estimate of drug-likeness (QED) is 0.745. The second kappa shape index (κ2) is 4.59. The van der Waals surface area contributed by atoms with E-state index in [4.69, 9.17) is 4.74 Å². The van der Waals surface area contributed by atoms with Gasteiger partial charge >= 0.3 is 6.03 Å². The minimum absolute atomic E-state index is 0.189. The lowest BCUT2D eigenvalue weighted by Gasteiger charge is -2.45. The minimum atomic E-state index is -0.955. The topological polar surface area (TPSA) is 75.7 Å². The summed E-state index contributed by atoms with van der Waals surface area (Å²) < 4.78 is 5.37. The normalized spacial score (nSPS) is 30.2. The van der Waals surface area contributed by atoms with Crippen LogP contribution in [0.25, 0.3) is 0 Å². The molecule has 2 heterocycles. The highest BCUT2D eigenvalue weighted by Crippen LogP contribution is 2.44. The number of nitrogens with zero attached hydrogens (tertiary/aromatic N) is 1. The van der Waals surface area contributed by atoms with Crippen LogP contribution in [0, 0.1) is 11.3 Å². The number of carbonyl (C=O) groups is 3. The summed E-state index contributed by atoms with van der Waals surface area (Å²) >= 11 is 0. The molecule has 3 rings (SSSR count). The van der Waals surface area contributed by atoms with Gasteiger partial charge in [0.2, 0.25) is 11.8 Å². The molecular weight excluding hydrogens is 248 g/mol. The number of amides is 4. The van der Waals surface area contributed by atoms with Crippen molar-refractivity contribution in [3.05, 3.63) is 0 Å². The van der Waals surface area contributed by atoms with E-state index in [2.05, 4.69) is 5.32 Å². The first-order valence-corrected chi connectivity index (χ1v) is 6.89. The maximum atomic E-state index is 12.4. The lowest BCUT2D eigenvalue weighted by molar-refractivity contribution is -0.158. The summed E-state index contributed by atoms with van der Waals surface area (Å²) in [4.78, 5) is 37.4. The van der Waals surface area contributed by atoms with E-state index in [9.17, 15) is 14.4 Å². The summed E-state index contributed by atoms with van der Waals surface area (Å²) in [5, 5.41) is 2.33. The molecule has 6 heteroatoms. The third-order valence-electron chi connectivity index (χ3n) is 4.46. The molecule has 0 aromatic rings. The molecule has 2 aliphatic heterocycles. The van der Waals surface area contributed by atoms with Crippen LogP contribution in [0.1, 0.15) is 32.1 Å². The summed E-state index contributed by atoms with van der Waals surface area (Å²) in [5.41, 5.74) is -0.955. The Bertz CT molecular complexity index is 424. The molecule has 1 unspecified atom stereocenters. The predicted octanol–water partition coefficient (Wildman–Crippen LogP) is 0.662. The van der Waals surface area contributed by atoms with Crippen LogP contribution < -0.4 is 5.32 Å². The molecule has 104 valence electrons. The van der Waals surface area contributed by atoms with E-state index < -0.39 is 17.4 Å². The summed E-state index contributed by atoms with van der Waals surface area (Å²) in [5.74, 6) is -0.531.